The normalized spacial score (nSPS) is 10.6. The molecule has 0 saturated carbocycles. The van der Waals surface area contributed by atoms with Gasteiger partial charge in [-0.15, -0.1) is 0 Å². The summed E-state index contributed by atoms with van der Waals surface area (Å²) in [6, 6.07) is 3.56. The Morgan fingerprint density at radius 2 is 2.19 bits per heavy atom. The zero-order chi connectivity index (χ0) is 11.8. The van der Waals surface area contributed by atoms with E-state index in [-0.39, 0.29) is 12.1 Å². The zero-order valence-electron chi connectivity index (χ0n) is 9.52. The van der Waals surface area contributed by atoms with E-state index >= 15 is 0 Å². The van der Waals surface area contributed by atoms with Crippen LogP contribution in [0.2, 0.25) is 0 Å². The molecule has 0 unspecified atom stereocenters. The molecule has 5 nitrogen and oxygen atoms in total. The summed E-state index contributed by atoms with van der Waals surface area (Å²) in [6.07, 6.45) is 1.74. The molecular formula is C11H18N2O3. The SMILES string of the molecule is COCCOCCn1cccc(CN)c1=O. The summed E-state index contributed by atoms with van der Waals surface area (Å²) in [5.41, 5.74) is 6.04. The van der Waals surface area contributed by atoms with Crippen molar-refractivity contribution in [3.05, 3.63) is 34.2 Å². The van der Waals surface area contributed by atoms with Gasteiger partial charge in [-0.3, -0.25) is 4.79 Å². The van der Waals surface area contributed by atoms with Crippen molar-refractivity contribution in [1.29, 1.82) is 0 Å². The monoisotopic (exact) mass is 226 g/mol. The quantitative estimate of drug-likeness (QED) is 0.663. The lowest BCUT2D eigenvalue weighted by atomic mass is 10.3. The number of aromatic nitrogens is 1. The maximum absolute atomic E-state index is 11.7. The minimum absolute atomic E-state index is 0.0414. The minimum Gasteiger partial charge on any atom is -0.382 e. The van der Waals surface area contributed by atoms with Crippen molar-refractivity contribution in [1.82, 2.24) is 4.57 Å². The Bertz CT molecular complexity index is 362. The fraction of sp³-hybridized carbons (Fsp3) is 0.545. The Hall–Kier alpha value is -1.17. The lowest BCUT2D eigenvalue weighted by Gasteiger charge is -2.07. The van der Waals surface area contributed by atoms with Crippen LogP contribution >= 0.6 is 0 Å². The molecule has 0 fully saturated rings. The van der Waals surface area contributed by atoms with Gasteiger partial charge < -0.3 is 19.8 Å². The lowest BCUT2D eigenvalue weighted by molar-refractivity contribution is 0.0662. The number of hydrogen-bond acceptors (Lipinski definition) is 4. The van der Waals surface area contributed by atoms with Crippen molar-refractivity contribution in [3.8, 4) is 0 Å². The first-order valence-electron chi connectivity index (χ1n) is 5.24. The maximum Gasteiger partial charge on any atom is 0.255 e. The predicted molar refractivity (Wildman–Crippen MR) is 61.3 cm³/mol. The molecule has 2 N–H and O–H groups in total. The fourth-order valence-electron chi connectivity index (χ4n) is 1.33. The smallest absolute Gasteiger partial charge is 0.255 e. The number of rotatable bonds is 7. The first-order valence-corrected chi connectivity index (χ1v) is 5.24. The molecule has 1 heterocycles. The fourth-order valence-corrected chi connectivity index (χ4v) is 1.33. The zero-order valence-corrected chi connectivity index (χ0v) is 9.52. The van der Waals surface area contributed by atoms with Gasteiger partial charge >= 0.3 is 0 Å². The van der Waals surface area contributed by atoms with Crippen LogP contribution in [0.3, 0.4) is 0 Å². The van der Waals surface area contributed by atoms with E-state index in [1.54, 1.807) is 23.9 Å². The molecule has 0 radical (unpaired) electrons. The Kier molecular flexibility index (Phi) is 5.77. The van der Waals surface area contributed by atoms with E-state index in [2.05, 4.69) is 0 Å². The molecule has 5 heteroatoms. The summed E-state index contributed by atoms with van der Waals surface area (Å²) < 4.78 is 11.7. The van der Waals surface area contributed by atoms with E-state index < -0.39 is 0 Å². The summed E-state index contributed by atoms with van der Waals surface area (Å²) in [4.78, 5) is 11.7. The largest absolute Gasteiger partial charge is 0.382 e. The van der Waals surface area contributed by atoms with Gasteiger partial charge in [0.1, 0.15) is 0 Å². The molecular weight excluding hydrogens is 208 g/mol. The van der Waals surface area contributed by atoms with Crippen LogP contribution in [0.15, 0.2) is 23.1 Å². The van der Waals surface area contributed by atoms with Gasteiger partial charge in [0.15, 0.2) is 0 Å². The molecule has 0 aromatic carbocycles. The van der Waals surface area contributed by atoms with Crippen LogP contribution in [0, 0.1) is 0 Å². The van der Waals surface area contributed by atoms with Crippen LogP contribution in [0.4, 0.5) is 0 Å². The van der Waals surface area contributed by atoms with E-state index in [0.717, 1.165) is 0 Å². The van der Waals surface area contributed by atoms with Crippen LogP contribution in [0.1, 0.15) is 5.56 Å². The highest BCUT2D eigenvalue weighted by molar-refractivity contribution is 5.09. The number of pyridine rings is 1. The van der Waals surface area contributed by atoms with Crippen molar-refractivity contribution in [2.24, 2.45) is 5.73 Å². The summed E-state index contributed by atoms with van der Waals surface area (Å²) >= 11 is 0. The third-order valence-electron chi connectivity index (χ3n) is 2.23. The second-order valence-corrected chi connectivity index (χ2v) is 3.34. The number of methoxy groups -OCH3 is 1. The molecule has 0 aliphatic carbocycles. The Morgan fingerprint density at radius 3 is 2.88 bits per heavy atom. The van der Waals surface area contributed by atoms with Crippen molar-refractivity contribution in [2.75, 3.05) is 26.9 Å². The van der Waals surface area contributed by atoms with Gasteiger partial charge in [0, 0.05) is 32.0 Å². The molecule has 16 heavy (non-hydrogen) atoms. The maximum atomic E-state index is 11.7. The minimum atomic E-state index is -0.0414. The van der Waals surface area contributed by atoms with Gasteiger partial charge in [-0.25, -0.2) is 0 Å². The third-order valence-corrected chi connectivity index (χ3v) is 2.23. The van der Waals surface area contributed by atoms with Crippen LogP contribution < -0.4 is 11.3 Å². The van der Waals surface area contributed by atoms with Gasteiger partial charge in [-0.05, 0) is 6.07 Å². The third kappa shape index (κ3) is 3.77. The first-order chi connectivity index (χ1) is 7.79. The van der Waals surface area contributed by atoms with E-state index in [1.807, 2.05) is 6.07 Å². The van der Waals surface area contributed by atoms with Crippen molar-refractivity contribution in [3.63, 3.8) is 0 Å². The molecule has 1 rings (SSSR count). The second kappa shape index (κ2) is 7.16. The number of hydrogen-bond donors (Lipinski definition) is 1. The Labute approximate surface area is 94.8 Å². The van der Waals surface area contributed by atoms with E-state index in [0.29, 0.717) is 31.9 Å². The van der Waals surface area contributed by atoms with E-state index in [1.165, 1.54) is 0 Å². The molecule has 1 aromatic heterocycles. The van der Waals surface area contributed by atoms with Crippen LogP contribution in [0.25, 0.3) is 0 Å². The van der Waals surface area contributed by atoms with Crippen LogP contribution in [0.5, 0.6) is 0 Å². The molecule has 0 spiro atoms. The van der Waals surface area contributed by atoms with Crippen LogP contribution in [-0.4, -0.2) is 31.5 Å². The van der Waals surface area contributed by atoms with Gasteiger partial charge in [-0.1, -0.05) is 6.07 Å². The molecule has 0 saturated heterocycles. The molecule has 90 valence electrons. The summed E-state index contributed by atoms with van der Waals surface area (Å²) in [7, 11) is 1.62. The highest BCUT2D eigenvalue weighted by Gasteiger charge is 2.00. The average Bonchev–Trinajstić information content (AvgIpc) is 2.31. The van der Waals surface area contributed by atoms with Crippen molar-refractivity contribution >= 4 is 0 Å². The molecule has 0 aliphatic rings. The lowest BCUT2D eigenvalue weighted by Crippen LogP contribution is -2.26. The van der Waals surface area contributed by atoms with Gasteiger partial charge in [0.05, 0.1) is 19.8 Å². The van der Waals surface area contributed by atoms with Gasteiger partial charge in [-0.2, -0.15) is 0 Å². The molecule has 0 amide bonds. The number of nitrogens with two attached hydrogens (primary N) is 1. The molecule has 0 aliphatic heterocycles. The summed E-state index contributed by atoms with van der Waals surface area (Å²) in [5, 5.41) is 0. The van der Waals surface area contributed by atoms with Crippen molar-refractivity contribution in [2.45, 2.75) is 13.1 Å². The standard InChI is InChI=1S/C11H18N2O3/c1-15-7-8-16-6-5-13-4-2-3-10(9-12)11(13)14/h2-4H,5-9,12H2,1H3. The number of nitrogens with zero attached hydrogens (tertiary/aromatic N) is 1. The Balaban J connectivity index is 2.45. The van der Waals surface area contributed by atoms with E-state index in [9.17, 15) is 4.79 Å². The van der Waals surface area contributed by atoms with E-state index in [4.69, 9.17) is 15.2 Å². The molecule has 0 atom stereocenters. The van der Waals surface area contributed by atoms with Crippen LogP contribution in [-0.2, 0) is 22.6 Å². The molecule has 0 bridgehead atoms. The highest BCUT2D eigenvalue weighted by atomic mass is 16.5. The Morgan fingerprint density at radius 1 is 1.38 bits per heavy atom. The predicted octanol–water partition coefficient (Wildman–Crippen LogP) is -0.0300. The van der Waals surface area contributed by atoms with Gasteiger partial charge in [0.25, 0.3) is 5.56 Å². The first kappa shape index (κ1) is 12.9. The summed E-state index contributed by atoms with van der Waals surface area (Å²) in [5.74, 6) is 0. The number of ether oxygens (including phenoxy) is 2. The average molecular weight is 226 g/mol. The topological polar surface area (TPSA) is 66.5 Å². The second-order valence-electron chi connectivity index (χ2n) is 3.34. The summed E-state index contributed by atoms with van der Waals surface area (Å²) in [6.45, 7) is 2.41. The van der Waals surface area contributed by atoms with Gasteiger partial charge in [0.2, 0.25) is 0 Å². The molecule has 1 aromatic rings. The highest BCUT2D eigenvalue weighted by Crippen LogP contribution is 1.90. The van der Waals surface area contributed by atoms with Crippen molar-refractivity contribution < 1.29 is 9.47 Å².